The van der Waals surface area contributed by atoms with Crippen LogP contribution in [0.15, 0.2) is 54.9 Å². The molecule has 0 bridgehead atoms. The van der Waals surface area contributed by atoms with Crippen molar-refractivity contribution in [3.8, 4) is 11.4 Å². The number of carbonyl (C=O) groups is 2. The zero-order chi connectivity index (χ0) is 19.9. The van der Waals surface area contributed by atoms with Crippen LogP contribution < -0.4 is 10.1 Å². The van der Waals surface area contributed by atoms with Crippen molar-refractivity contribution < 1.29 is 19.1 Å². The first-order chi connectivity index (χ1) is 13.6. The van der Waals surface area contributed by atoms with Gasteiger partial charge in [0.2, 0.25) is 0 Å². The number of hydrogen-bond acceptors (Lipinski definition) is 7. The second-order valence-corrected chi connectivity index (χ2v) is 5.80. The number of ether oxygens (including phenoxy) is 2. The van der Waals surface area contributed by atoms with Crippen LogP contribution in [0.3, 0.4) is 0 Å². The second-order valence-electron chi connectivity index (χ2n) is 5.80. The van der Waals surface area contributed by atoms with Crippen LogP contribution >= 0.6 is 0 Å². The van der Waals surface area contributed by atoms with Crippen LogP contribution in [0.25, 0.3) is 5.69 Å². The minimum absolute atomic E-state index is 0.317. The lowest BCUT2D eigenvalue weighted by Gasteiger charge is -2.14. The fourth-order valence-electron chi connectivity index (χ4n) is 2.36. The zero-order valence-electron chi connectivity index (χ0n) is 15.4. The number of hydrogen-bond donors (Lipinski definition) is 1. The molecule has 0 unspecified atom stereocenters. The summed E-state index contributed by atoms with van der Waals surface area (Å²) >= 11 is 0. The van der Waals surface area contributed by atoms with Crippen LogP contribution in [0, 0.1) is 0 Å². The molecule has 0 aliphatic carbocycles. The van der Waals surface area contributed by atoms with E-state index in [1.54, 1.807) is 48.5 Å². The largest absolute Gasteiger partial charge is 0.494 e. The van der Waals surface area contributed by atoms with Gasteiger partial charge in [-0.3, -0.25) is 4.79 Å². The average Bonchev–Trinajstić information content (AvgIpc) is 3.24. The number of esters is 1. The van der Waals surface area contributed by atoms with Gasteiger partial charge >= 0.3 is 5.97 Å². The van der Waals surface area contributed by atoms with Gasteiger partial charge in [-0.15, -0.1) is 5.10 Å². The topological polar surface area (TPSA) is 108 Å². The monoisotopic (exact) mass is 381 g/mol. The molecule has 1 aromatic heterocycles. The zero-order valence-corrected chi connectivity index (χ0v) is 15.4. The third-order valence-corrected chi connectivity index (χ3v) is 3.80. The van der Waals surface area contributed by atoms with Crippen molar-refractivity contribution in [1.29, 1.82) is 0 Å². The summed E-state index contributed by atoms with van der Waals surface area (Å²) in [5.41, 5.74) is 1.60. The molecule has 0 spiro atoms. The first-order valence-electron chi connectivity index (χ1n) is 8.65. The molecule has 1 atom stereocenters. The van der Waals surface area contributed by atoms with Crippen molar-refractivity contribution in [3.63, 3.8) is 0 Å². The van der Waals surface area contributed by atoms with E-state index in [2.05, 4.69) is 20.8 Å². The Hall–Kier alpha value is -3.75. The molecule has 1 heterocycles. The molecule has 1 amide bonds. The number of anilines is 1. The van der Waals surface area contributed by atoms with E-state index in [0.717, 1.165) is 0 Å². The molecule has 3 rings (SSSR count). The van der Waals surface area contributed by atoms with Crippen molar-refractivity contribution >= 4 is 17.6 Å². The Morgan fingerprint density at radius 1 is 1.11 bits per heavy atom. The van der Waals surface area contributed by atoms with Gasteiger partial charge in [0.05, 0.1) is 17.9 Å². The molecule has 1 N–H and O–H groups in total. The van der Waals surface area contributed by atoms with Crippen LogP contribution in [0.4, 0.5) is 5.69 Å². The summed E-state index contributed by atoms with van der Waals surface area (Å²) < 4.78 is 12.1. The smallest absolute Gasteiger partial charge is 0.338 e. The van der Waals surface area contributed by atoms with Crippen molar-refractivity contribution in [2.24, 2.45) is 0 Å². The third-order valence-electron chi connectivity index (χ3n) is 3.80. The Kier molecular flexibility index (Phi) is 5.95. The predicted molar refractivity (Wildman–Crippen MR) is 100 cm³/mol. The Balaban J connectivity index is 1.56. The Morgan fingerprint density at radius 3 is 2.43 bits per heavy atom. The Labute approximate surface area is 161 Å². The van der Waals surface area contributed by atoms with Gasteiger partial charge < -0.3 is 14.8 Å². The van der Waals surface area contributed by atoms with Gasteiger partial charge in [-0.25, -0.2) is 9.48 Å². The lowest BCUT2D eigenvalue weighted by atomic mass is 10.2. The number of nitrogens with zero attached hydrogens (tertiary/aromatic N) is 4. The maximum absolute atomic E-state index is 12.3. The van der Waals surface area contributed by atoms with Gasteiger partial charge in [0.15, 0.2) is 6.10 Å². The van der Waals surface area contributed by atoms with E-state index in [9.17, 15) is 9.59 Å². The Bertz CT molecular complexity index is 924. The molecule has 144 valence electrons. The molecule has 9 nitrogen and oxygen atoms in total. The molecule has 0 aliphatic heterocycles. The highest BCUT2D eigenvalue weighted by Crippen LogP contribution is 2.16. The number of nitrogens with one attached hydrogen (secondary N) is 1. The molecule has 0 saturated heterocycles. The number of rotatable bonds is 7. The van der Waals surface area contributed by atoms with Gasteiger partial charge in [0, 0.05) is 5.69 Å². The molecular formula is C19H19N5O4. The van der Waals surface area contributed by atoms with E-state index < -0.39 is 18.0 Å². The van der Waals surface area contributed by atoms with Crippen molar-refractivity contribution in [2.45, 2.75) is 20.0 Å². The summed E-state index contributed by atoms with van der Waals surface area (Å²) in [5.74, 6) is -0.314. The van der Waals surface area contributed by atoms with Crippen LogP contribution in [0.1, 0.15) is 24.2 Å². The van der Waals surface area contributed by atoms with E-state index in [1.807, 2.05) is 6.92 Å². The van der Waals surface area contributed by atoms with E-state index in [4.69, 9.17) is 9.47 Å². The molecular weight excluding hydrogens is 362 g/mol. The summed E-state index contributed by atoms with van der Waals surface area (Å²) in [6.07, 6.45) is 0.485. The van der Waals surface area contributed by atoms with Gasteiger partial charge in [0.25, 0.3) is 5.91 Å². The SMILES string of the molecule is CCOc1ccc(NC(=O)[C@H](C)OC(=O)c2ccc(-n3cnnn3)cc2)cc1. The standard InChI is InChI=1S/C19H19N5O4/c1-3-27-17-10-6-15(7-11-17)21-18(25)13(2)28-19(26)14-4-8-16(9-5-14)24-12-20-22-23-24/h4-13H,3H2,1-2H3,(H,21,25)/t13-/m0/s1. The molecule has 0 fully saturated rings. The summed E-state index contributed by atoms with van der Waals surface area (Å²) in [6.45, 7) is 3.97. The van der Waals surface area contributed by atoms with E-state index >= 15 is 0 Å². The molecule has 28 heavy (non-hydrogen) atoms. The van der Waals surface area contributed by atoms with Gasteiger partial charge in [-0.05, 0) is 72.8 Å². The molecule has 0 radical (unpaired) electrons. The summed E-state index contributed by atoms with van der Waals surface area (Å²) in [5, 5.41) is 13.6. The number of amides is 1. The highest BCUT2D eigenvalue weighted by molar-refractivity contribution is 5.97. The number of carbonyl (C=O) groups excluding carboxylic acids is 2. The summed E-state index contributed by atoms with van der Waals surface area (Å²) in [4.78, 5) is 24.5. The minimum atomic E-state index is -0.960. The maximum atomic E-state index is 12.3. The van der Waals surface area contributed by atoms with Gasteiger partial charge in [0.1, 0.15) is 12.1 Å². The quantitative estimate of drug-likeness (QED) is 0.625. The highest BCUT2D eigenvalue weighted by atomic mass is 16.5. The third kappa shape index (κ3) is 4.70. The summed E-state index contributed by atoms with van der Waals surface area (Å²) in [7, 11) is 0. The van der Waals surface area contributed by atoms with Crippen LogP contribution in [-0.4, -0.2) is 44.8 Å². The number of tetrazole rings is 1. The molecule has 0 aliphatic rings. The Morgan fingerprint density at radius 2 is 1.82 bits per heavy atom. The first-order valence-corrected chi connectivity index (χ1v) is 8.65. The van der Waals surface area contributed by atoms with E-state index in [0.29, 0.717) is 29.3 Å². The first kappa shape index (κ1) is 19.0. The fourth-order valence-corrected chi connectivity index (χ4v) is 2.36. The van der Waals surface area contributed by atoms with Crippen molar-refractivity contribution in [3.05, 3.63) is 60.4 Å². The highest BCUT2D eigenvalue weighted by Gasteiger charge is 2.19. The maximum Gasteiger partial charge on any atom is 0.338 e. The van der Waals surface area contributed by atoms with Crippen LogP contribution in [-0.2, 0) is 9.53 Å². The van der Waals surface area contributed by atoms with Gasteiger partial charge in [-0.1, -0.05) is 0 Å². The predicted octanol–water partition coefficient (Wildman–Crippen LogP) is 2.25. The second kappa shape index (κ2) is 8.76. The normalized spacial score (nSPS) is 11.5. The van der Waals surface area contributed by atoms with E-state index in [-0.39, 0.29) is 0 Å². The molecule has 9 heteroatoms. The van der Waals surface area contributed by atoms with Crippen molar-refractivity contribution in [1.82, 2.24) is 20.2 Å². The lowest BCUT2D eigenvalue weighted by Crippen LogP contribution is -2.30. The molecule has 2 aromatic carbocycles. The fraction of sp³-hybridized carbons (Fsp3) is 0.211. The lowest BCUT2D eigenvalue weighted by molar-refractivity contribution is -0.123. The van der Waals surface area contributed by atoms with Gasteiger partial charge in [-0.2, -0.15) is 0 Å². The van der Waals surface area contributed by atoms with Crippen molar-refractivity contribution in [2.75, 3.05) is 11.9 Å². The molecule has 3 aromatic rings. The average molecular weight is 381 g/mol. The molecule has 0 saturated carbocycles. The number of benzene rings is 2. The number of aromatic nitrogens is 4. The summed E-state index contributed by atoms with van der Waals surface area (Å²) in [6, 6.07) is 13.5. The van der Waals surface area contributed by atoms with Crippen LogP contribution in [0.2, 0.25) is 0 Å². The van der Waals surface area contributed by atoms with Crippen LogP contribution in [0.5, 0.6) is 5.75 Å². The van der Waals surface area contributed by atoms with E-state index in [1.165, 1.54) is 17.9 Å². The minimum Gasteiger partial charge on any atom is -0.494 e.